The minimum absolute atomic E-state index is 0.00984. The summed E-state index contributed by atoms with van der Waals surface area (Å²) in [6.45, 7) is 6.83. The zero-order valence-electron chi connectivity index (χ0n) is 14.5. The Bertz CT molecular complexity index is 518. The number of amides is 1. The van der Waals surface area contributed by atoms with Gasteiger partial charge in [0.05, 0.1) is 6.10 Å². The lowest BCUT2D eigenvalue weighted by atomic mass is 10.0. The van der Waals surface area contributed by atoms with Crippen molar-refractivity contribution < 1.29 is 14.3 Å². The molecule has 0 saturated carbocycles. The van der Waals surface area contributed by atoms with Crippen LogP contribution in [0.25, 0.3) is 0 Å². The van der Waals surface area contributed by atoms with E-state index in [4.69, 9.17) is 9.47 Å². The predicted octanol–water partition coefficient (Wildman–Crippen LogP) is 2.46. The first-order chi connectivity index (χ1) is 11.7. The van der Waals surface area contributed by atoms with E-state index in [2.05, 4.69) is 17.1 Å². The van der Waals surface area contributed by atoms with Crippen molar-refractivity contribution in [2.45, 2.75) is 44.8 Å². The van der Waals surface area contributed by atoms with Crippen molar-refractivity contribution >= 4 is 5.91 Å². The molecule has 2 saturated heterocycles. The molecule has 2 aliphatic rings. The molecule has 0 bridgehead atoms. The fourth-order valence-electron chi connectivity index (χ4n) is 3.33. The van der Waals surface area contributed by atoms with Gasteiger partial charge in [-0.15, -0.1) is 0 Å². The fraction of sp³-hybridized carbons (Fsp3) is 0.632. The van der Waals surface area contributed by atoms with E-state index in [-0.39, 0.29) is 18.1 Å². The number of nitrogens with one attached hydrogen (secondary N) is 1. The van der Waals surface area contributed by atoms with Gasteiger partial charge in [0, 0.05) is 31.3 Å². The van der Waals surface area contributed by atoms with Gasteiger partial charge in [-0.2, -0.15) is 0 Å². The number of likely N-dealkylation sites (tertiary alicyclic amines) is 1. The first-order valence-electron chi connectivity index (χ1n) is 9.12. The molecule has 1 aromatic carbocycles. The molecule has 1 N–H and O–H groups in total. The molecule has 5 heteroatoms. The molecule has 24 heavy (non-hydrogen) atoms. The van der Waals surface area contributed by atoms with Crippen molar-refractivity contribution in [3.8, 4) is 5.75 Å². The Morgan fingerprint density at radius 1 is 1.25 bits per heavy atom. The highest BCUT2D eigenvalue weighted by Crippen LogP contribution is 2.17. The number of ether oxygens (including phenoxy) is 2. The second-order valence-corrected chi connectivity index (χ2v) is 6.65. The summed E-state index contributed by atoms with van der Waals surface area (Å²) in [4.78, 5) is 14.8. The predicted molar refractivity (Wildman–Crippen MR) is 93.5 cm³/mol. The lowest BCUT2D eigenvalue weighted by Gasteiger charge is -2.31. The van der Waals surface area contributed by atoms with Gasteiger partial charge in [0.2, 0.25) is 0 Å². The topological polar surface area (TPSA) is 50.8 Å². The third kappa shape index (κ3) is 4.71. The van der Waals surface area contributed by atoms with Crippen LogP contribution in [0.2, 0.25) is 0 Å². The molecule has 0 aliphatic carbocycles. The van der Waals surface area contributed by atoms with Crippen LogP contribution in [-0.2, 0) is 4.74 Å². The van der Waals surface area contributed by atoms with Crippen LogP contribution >= 0.6 is 0 Å². The van der Waals surface area contributed by atoms with E-state index in [0.29, 0.717) is 12.2 Å². The Morgan fingerprint density at radius 3 is 2.62 bits per heavy atom. The lowest BCUT2D eigenvalue weighted by Crippen LogP contribution is -2.44. The maximum Gasteiger partial charge on any atom is 0.251 e. The summed E-state index contributed by atoms with van der Waals surface area (Å²) in [7, 11) is 0. The molecular formula is C19H28N2O3. The zero-order chi connectivity index (χ0) is 16.8. The van der Waals surface area contributed by atoms with Crippen molar-refractivity contribution in [3.05, 3.63) is 29.8 Å². The minimum atomic E-state index is 0.00984. The van der Waals surface area contributed by atoms with Crippen molar-refractivity contribution in [2.75, 3.05) is 32.8 Å². The highest BCUT2D eigenvalue weighted by atomic mass is 16.5. The summed E-state index contributed by atoms with van der Waals surface area (Å²) in [5.41, 5.74) is 0.692. The van der Waals surface area contributed by atoms with Gasteiger partial charge in [-0.1, -0.05) is 6.92 Å². The third-order valence-electron chi connectivity index (χ3n) is 4.95. The summed E-state index contributed by atoms with van der Waals surface area (Å²) < 4.78 is 11.3. The van der Waals surface area contributed by atoms with Crippen LogP contribution < -0.4 is 10.1 Å². The molecule has 132 valence electrons. The number of piperidine rings is 1. The van der Waals surface area contributed by atoms with Gasteiger partial charge in [0.1, 0.15) is 12.4 Å². The standard InChI is InChI=1S/C19H28N2O3/c1-2-21-11-9-16(10-12-21)20-19(22)15-5-7-17(8-6-15)24-14-18-4-3-13-23-18/h5-8,16,18H,2-4,9-14H2,1H3,(H,20,22). The highest BCUT2D eigenvalue weighted by molar-refractivity contribution is 5.94. The van der Waals surface area contributed by atoms with E-state index in [9.17, 15) is 4.79 Å². The lowest BCUT2D eigenvalue weighted by molar-refractivity contribution is 0.0679. The Morgan fingerprint density at radius 2 is 2.00 bits per heavy atom. The first-order valence-corrected chi connectivity index (χ1v) is 9.12. The largest absolute Gasteiger partial charge is 0.491 e. The minimum Gasteiger partial charge on any atom is -0.491 e. The van der Waals surface area contributed by atoms with Gasteiger partial charge in [-0.25, -0.2) is 0 Å². The van der Waals surface area contributed by atoms with Crippen LogP contribution in [-0.4, -0.2) is 55.8 Å². The van der Waals surface area contributed by atoms with E-state index >= 15 is 0 Å². The van der Waals surface area contributed by atoms with Crippen LogP contribution in [0.4, 0.5) is 0 Å². The molecule has 1 aromatic rings. The van der Waals surface area contributed by atoms with Crippen molar-refractivity contribution in [3.63, 3.8) is 0 Å². The summed E-state index contributed by atoms with van der Waals surface area (Å²) in [5, 5.41) is 3.15. The molecule has 3 rings (SSSR count). The quantitative estimate of drug-likeness (QED) is 0.869. The maximum atomic E-state index is 12.4. The second kappa shape index (κ2) is 8.49. The van der Waals surface area contributed by atoms with Gasteiger partial charge in [0.15, 0.2) is 0 Å². The molecule has 2 heterocycles. The number of rotatable bonds is 6. The van der Waals surface area contributed by atoms with Crippen LogP contribution in [0.1, 0.15) is 43.0 Å². The second-order valence-electron chi connectivity index (χ2n) is 6.65. The maximum absolute atomic E-state index is 12.4. The zero-order valence-corrected chi connectivity index (χ0v) is 14.5. The monoisotopic (exact) mass is 332 g/mol. The van der Waals surface area contributed by atoms with Crippen molar-refractivity contribution in [1.82, 2.24) is 10.2 Å². The number of hydrogen-bond acceptors (Lipinski definition) is 4. The summed E-state index contributed by atoms with van der Waals surface area (Å²) in [6, 6.07) is 7.69. The van der Waals surface area contributed by atoms with Gasteiger partial charge >= 0.3 is 0 Å². The third-order valence-corrected chi connectivity index (χ3v) is 4.95. The first kappa shape index (κ1) is 17.2. The summed E-state index contributed by atoms with van der Waals surface area (Å²) >= 11 is 0. The van der Waals surface area contributed by atoms with Crippen LogP contribution in [0, 0.1) is 0 Å². The van der Waals surface area contributed by atoms with Gasteiger partial charge in [-0.05, 0) is 56.5 Å². The van der Waals surface area contributed by atoms with E-state index < -0.39 is 0 Å². The summed E-state index contributed by atoms with van der Waals surface area (Å²) in [5.74, 6) is 0.800. The molecule has 0 aromatic heterocycles. The van der Waals surface area contributed by atoms with Crippen molar-refractivity contribution in [2.24, 2.45) is 0 Å². The Kier molecular flexibility index (Phi) is 6.10. The Balaban J connectivity index is 1.45. The number of carbonyl (C=O) groups is 1. The molecular weight excluding hydrogens is 304 g/mol. The van der Waals surface area contributed by atoms with E-state index in [1.54, 1.807) is 0 Å². The Labute approximate surface area is 144 Å². The number of carbonyl (C=O) groups excluding carboxylic acids is 1. The number of benzene rings is 1. The molecule has 0 spiro atoms. The number of nitrogens with zero attached hydrogens (tertiary/aromatic N) is 1. The van der Waals surface area contributed by atoms with Gasteiger partial charge < -0.3 is 19.7 Å². The SMILES string of the molecule is CCN1CCC(NC(=O)c2ccc(OCC3CCCO3)cc2)CC1. The van der Waals surface area contributed by atoms with E-state index in [0.717, 1.165) is 57.7 Å². The molecule has 2 fully saturated rings. The number of hydrogen-bond donors (Lipinski definition) is 1. The fourth-order valence-corrected chi connectivity index (χ4v) is 3.33. The average molecular weight is 332 g/mol. The summed E-state index contributed by atoms with van der Waals surface area (Å²) in [6.07, 6.45) is 4.45. The molecule has 5 nitrogen and oxygen atoms in total. The van der Waals surface area contributed by atoms with Crippen molar-refractivity contribution in [1.29, 1.82) is 0 Å². The van der Waals surface area contributed by atoms with Crippen LogP contribution in [0.5, 0.6) is 5.75 Å². The van der Waals surface area contributed by atoms with Crippen LogP contribution in [0.15, 0.2) is 24.3 Å². The normalized spacial score (nSPS) is 22.5. The van der Waals surface area contributed by atoms with E-state index in [1.165, 1.54) is 0 Å². The smallest absolute Gasteiger partial charge is 0.251 e. The van der Waals surface area contributed by atoms with Gasteiger partial charge in [-0.3, -0.25) is 4.79 Å². The van der Waals surface area contributed by atoms with Crippen LogP contribution in [0.3, 0.4) is 0 Å². The molecule has 1 atom stereocenters. The Hall–Kier alpha value is -1.59. The van der Waals surface area contributed by atoms with Gasteiger partial charge in [0.25, 0.3) is 5.91 Å². The van der Waals surface area contributed by atoms with E-state index in [1.807, 2.05) is 24.3 Å². The molecule has 1 amide bonds. The average Bonchev–Trinajstić information content (AvgIpc) is 3.14. The molecule has 1 unspecified atom stereocenters. The molecule has 2 aliphatic heterocycles. The molecule has 0 radical (unpaired) electrons. The highest BCUT2D eigenvalue weighted by Gasteiger charge is 2.20.